The Hall–Kier alpha value is -1.86. The average molecular weight is 491 g/mol. The van der Waals surface area contributed by atoms with Crippen molar-refractivity contribution in [3.05, 3.63) is 23.8 Å². The second-order valence-electron chi connectivity index (χ2n) is 13.0. The van der Waals surface area contributed by atoms with Crippen LogP contribution < -0.4 is 0 Å². The maximum absolute atomic E-state index is 17.2. The molecular weight excluding hydrogens is 451 g/mol. The van der Waals surface area contributed by atoms with Gasteiger partial charge in [0.25, 0.3) is 0 Å². The van der Waals surface area contributed by atoms with E-state index in [1.807, 2.05) is 20.8 Å². The zero-order valence-electron chi connectivity index (χ0n) is 21.7. The normalized spacial score (nSPS) is 44.7. The highest BCUT2D eigenvalue weighted by atomic mass is 19.1. The van der Waals surface area contributed by atoms with Crippen LogP contribution >= 0.6 is 0 Å². The van der Waals surface area contributed by atoms with Crippen LogP contribution in [-0.4, -0.2) is 51.7 Å². The number of halogens is 1. The van der Waals surface area contributed by atoms with Gasteiger partial charge in [-0.1, -0.05) is 46.3 Å². The van der Waals surface area contributed by atoms with E-state index < -0.39 is 58.4 Å². The minimum Gasteiger partial charge on any atom is -0.458 e. The molecule has 8 atom stereocenters. The number of aliphatic hydroxyl groups excluding tert-OH is 1. The van der Waals surface area contributed by atoms with Crippen LogP contribution in [0.3, 0.4) is 0 Å². The monoisotopic (exact) mass is 490 g/mol. The Bertz CT molecular complexity index is 1010. The molecule has 0 aromatic carbocycles. The molecule has 0 saturated heterocycles. The van der Waals surface area contributed by atoms with Crippen LogP contribution in [0.15, 0.2) is 23.8 Å². The number of rotatable bonds is 4. The number of aliphatic hydroxyl groups is 2. The number of hydrogen-bond donors (Lipinski definition) is 2. The van der Waals surface area contributed by atoms with Crippen LogP contribution in [-0.2, 0) is 19.1 Å². The molecule has 3 saturated carbocycles. The molecule has 4 rings (SSSR count). The third-order valence-corrected chi connectivity index (χ3v) is 9.69. The molecule has 0 aliphatic heterocycles. The summed E-state index contributed by atoms with van der Waals surface area (Å²) in [5.74, 6) is -2.72. The van der Waals surface area contributed by atoms with E-state index in [1.165, 1.54) is 12.2 Å². The lowest BCUT2D eigenvalue weighted by Crippen LogP contribution is -2.69. The molecule has 0 bridgehead atoms. The van der Waals surface area contributed by atoms with Crippen molar-refractivity contribution in [3.63, 3.8) is 0 Å². The van der Waals surface area contributed by atoms with Gasteiger partial charge in [-0.15, -0.1) is 0 Å². The first-order valence-corrected chi connectivity index (χ1v) is 12.7. The molecule has 0 spiro atoms. The number of fused-ring (bicyclic) bond motifs is 5. The predicted molar refractivity (Wildman–Crippen MR) is 128 cm³/mol. The summed E-state index contributed by atoms with van der Waals surface area (Å²) in [5.41, 5.74) is -5.68. The Morgan fingerprint density at radius 1 is 1.23 bits per heavy atom. The summed E-state index contributed by atoms with van der Waals surface area (Å²) in [6.07, 6.45) is 4.43. The zero-order chi connectivity index (χ0) is 26.2. The second kappa shape index (κ2) is 8.07. The highest BCUT2D eigenvalue weighted by Crippen LogP contribution is 2.70. The van der Waals surface area contributed by atoms with Crippen LogP contribution in [0.1, 0.15) is 73.6 Å². The van der Waals surface area contributed by atoms with Crippen LogP contribution in [0.4, 0.5) is 4.39 Å². The molecule has 7 heteroatoms. The van der Waals surface area contributed by atoms with Crippen molar-refractivity contribution in [2.24, 2.45) is 34.0 Å². The molecule has 0 heterocycles. The summed E-state index contributed by atoms with van der Waals surface area (Å²) in [7, 11) is 0. The second-order valence-corrected chi connectivity index (χ2v) is 13.0. The van der Waals surface area contributed by atoms with E-state index in [1.54, 1.807) is 26.8 Å². The Kier molecular flexibility index (Phi) is 6.04. The van der Waals surface area contributed by atoms with Crippen LogP contribution in [0, 0.1) is 34.0 Å². The average Bonchev–Trinajstić information content (AvgIpc) is 2.94. The first-order valence-electron chi connectivity index (χ1n) is 12.7. The Morgan fingerprint density at radius 3 is 2.51 bits per heavy atom. The topological polar surface area (TPSA) is 101 Å². The third-order valence-electron chi connectivity index (χ3n) is 9.69. The van der Waals surface area contributed by atoms with E-state index in [9.17, 15) is 24.6 Å². The fourth-order valence-electron chi connectivity index (χ4n) is 7.88. The molecular formula is C28H39FO6. The quantitative estimate of drug-likeness (QED) is 0.580. The Balaban J connectivity index is 1.64. The molecule has 35 heavy (non-hydrogen) atoms. The van der Waals surface area contributed by atoms with Gasteiger partial charge in [0.1, 0.15) is 5.60 Å². The predicted octanol–water partition coefficient (Wildman–Crippen LogP) is 3.88. The number of carbonyl (C=O) groups excluding carboxylic acids is 3. The summed E-state index contributed by atoms with van der Waals surface area (Å²) >= 11 is 0. The van der Waals surface area contributed by atoms with Crippen molar-refractivity contribution in [3.8, 4) is 0 Å². The number of ether oxygens (including phenoxy) is 1. The smallest absolute Gasteiger partial charge is 0.306 e. The summed E-state index contributed by atoms with van der Waals surface area (Å²) < 4.78 is 22.4. The van der Waals surface area contributed by atoms with Gasteiger partial charge >= 0.3 is 5.97 Å². The van der Waals surface area contributed by atoms with E-state index >= 15 is 4.39 Å². The van der Waals surface area contributed by atoms with Crippen molar-refractivity contribution in [1.82, 2.24) is 0 Å². The molecule has 2 N–H and O–H groups in total. The fourth-order valence-corrected chi connectivity index (χ4v) is 7.88. The van der Waals surface area contributed by atoms with Crippen molar-refractivity contribution >= 4 is 17.5 Å². The van der Waals surface area contributed by atoms with E-state index in [0.29, 0.717) is 24.8 Å². The highest BCUT2D eigenvalue weighted by Gasteiger charge is 2.75. The van der Waals surface area contributed by atoms with Gasteiger partial charge in [-0.05, 0) is 62.0 Å². The minimum atomic E-state index is -2.02. The third kappa shape index (κ3) is 3.59. The first kappa shape index (κ1) is 26.2. The summed E-state index contributed by atoms with van der Waals surface area (Å²) in [6, 6.07) is 0. The van der Waals surface area contributed by atoms with Crippen LogP contribution in [0.5, 0.6) is 0 Å². The van der Waals surface area contributed by atoms with Gasteiger partial charge in [0.15, 0.2) is 18.1 Å². The molecule has 4 aliphatic rings. The number of allylic oxidation sites excluding steroid dienone is 4. The zero-order valence-corrected chi connectivity index (χ0v) is 21.7. The van der Waals surface area contributed by atoms with E-state index in [0.717, 1.165) is 0 Å². The van der Waals surface area contributed by atoms with Crippen molar-refractivity contribution < 1.29 is 33.7 Å². The summed E-state index contributed by atoms with van der Waals surface area (Å²) in [4.78, 5) is 37.6. The highest BCUT2D eigenvalue weighted by molar-refractivity contribution is 6.01. The van der Waals surface area contributed by atoms with Gasteiger partial charge in [-0.25, -0.2) is 4.39 Å². The number of hydrogen-bond acceptors (Lipinski definition) is 6. The molecule has 6 nitrogen and oxygen atoms in total. The fraction of sp³-hybridized carbons (Fsp3) is 0.750. The number of esters is 1. The lowest BCUT2D eigenvalue weighted by Gasteiger charge is -2.62. The minimum absolute atomic E-state index is 0.0994. The van der Waals surface area contributed by atoms with Crippen molar-refractivity contribution in [1.29, 1.82) is 0 Å². The Morgan fingerprint density at radius 2 is 1.89 bits per heavy atom. The van der Waals surface area contributed by atoms with E-state index in [4.69, 9.17) is 4.74 Å². The number of carbonyl (C=O) groups is 3. The molecule has 194 valence electrons. The van der Waals surface area contributed by atoms with Crippen LogP contribution in [0.2, 0.25) is 0 Å². The molecule has 3 fully saturated rings. The lowest BCUT2D eigenvalue weighted by atomic mass is 9.44. The molecule has 0 amide bonds. The van der Waals surface area contributed by atoms with Gasteiger partial charge in [-0.2, -0.15) is 0 Å². The van der Waals surface area contributed by atoms with E-state index in [2.05, 4.69) is 0 Å². The summed E-state index contributed by atoms with van der Waals surface area (Å²) in [6.45, 7) is 10.4. The number of Topliss-reactive ketones (excluding diaryl/α,β-unsaturated/α-hetero) is 1. The van der Waals surface area contributed by atoms with Gasteiger partial charge in [0.05, 0.1) is 12.5 Å². The number of ketones is 2. The summed E-state index contributed by atoms with van der Waals surface area (Å²) in [5, 5.41) is 23.3. The van der Waals surface area contributed by atoms with Crippen LogP contribution in [0.25, 0.3) is 0 Å². The number of alkyl halides is 1. The first-order chi connectivity index (χ1) is 16.0. The molecule has 1 unspecified atom stereocenters. The Labute approximate surface area is 207 Å². The lowest BCUT2D eigenvalue weighted by molar-refractivity contribution is -0.220. The molecule has 4 aliphatic carbocycles. The van der Waals surface area contributed by atoms with Crippen molar-refractivity contribution in [2.45, 2.75) is 91.0 Å². The van der Waals surface area contributed by atoms with Gasteiger partial charge in [-0.3, -0.25) is 14.4 Å². The molecule has 0 aromatic rings. The van der Waals surface area contributed by atoms with Crippen molar-refractivity contribution in [2.75, 3.05) is 6.61 Å². The maximum atomic E-state index is 17.2. The largest absolute Gasteiger partial charge is 0.458 e. The standard InChI is InChI=1S/C28H39FO6/c1-16-11-20-19-8-7-17-12-18(30)9-10-25(17,5)27(19,29)21(31)13-26(20,6)28(16,34)22(32)15-35-23(33)14-24(2,3)4/h9-10,12,16,19-21,31,34H,7-8,11,13-15H2,1-6H3/t16-,19-,20-,21-,25-,26-,27?,28-/m0/s1. The molecule has 0 aromatic heterocycles. The SMILES string of the molecule is C[C@H]1C[C@H]2[C@@H]3CCC4=CC(=O)C=C[C@]4(C)C3(F)[C@@H](O)C[C@]2(C)[C@@]1(O)C(=O)COC(=O)CC(C)(C)C. The maximum Gasteiger partial charge on any atom is 0.306 e. The van der Waals surface area contributed by atoms with Gasteiger partial charge in [0.2, 0.25) is 5.78 Å². The van der Waals surface area contributed by atoms with Gasteiger partial charge < -0.3 is 14.9 Å². The van der Waals surface area contributed by atoms with E-state index in [-0.39, 0.29) is 30.0 Å². The molecule has 0 radical (unpaired) electrons. The van der Waals surface area contributed by atoms with Gasteiger partial charge in [0, 0.05) is 16.7 Å².